The highest BCUT2D eigenvalue weighted by atomic mass is 15.4. The third-order valence-electron chi connectivity index (χ3n) is 3.70. The fourth-order valence-electron chi connectivity index (χ4n) is 2.98. The van der Waals surface area contributed by atoms with Crippen LogP contribution in [0.25, 0.3) is 0 Å². The minimum absolute atomic E-state index is 0.692. The zero-order chi connectivity index (χ0) is 15.5. The van der Waals surface area contributed by atoms with E-state index < -0.39 is 0 Å². The number of aryl methyl sites for hydroxylation is 3. The zero-order valence-electron chi connectivity index (χ0n) is 13.3. The van der Waals surface area contributed by atoms with Gasteiger partial charge in [-0.25, -0.2) is 0 Å². The Bertz CT molecular complexity index is 669. The van der Waals surface area contributed by atoms with E-state index in [4.69, 9.17) is 0 Å². The number of hydrogen-bond acceptors (Lipinski definition) is 3. The smallest absolute Gasteiger partial charge is 0.113 e. The van der Waals surface area contributed by atoms with Gasteiger partial charge in [0.15, 0.2) is 0 Å². The largest absolute Gasteiger partial charge is 0.332 e. The van der Waals surface area contributed by atoms with Crippen LogP contribution in [-0.2, 0) is 13.3 Å². The van der Waals surface area contributed by atoms with Crippen molar-refractivity contribution in [2.45, 2.75) is 34.1 Å². The van der Waals surface area contributed by atoms with Gasteiger partial charge in [0.2, 0.25) is 0 Å². The molecule has 3 aromatic rings. The molecular formula is C17H21N5. The summed E-state index contributed by atoms with van der Waals surface area (Å²) in [5.41, 5.74) is 5.09. The quantitative estimate of drug-likeness (QED) is 0.726. The van der Waals surface area contributed by atoms with E-state index >= 15 is 0 Å². The van der Waals surface area contributed by atoms with Crippen LogP contribution in [0.3, 0.4) is 0 Å². The lowest BCUT2D eigenvalue weighted by atomic mass is 10.0. The average Bonchev–Trinajstić information content (AvgIpc) is 3.10. The molecule has 0 N–H and O–H groups in total. The third-order valence-corrected chi connectivity index (χ3v) is 3.70. The van der Waals surface area contributed by atoms with E-state index in [0.717, 1.165) is 0 Å². The second kappa shape index (κ2) is 6.05. The van der Waals surface area contributed by atoms with Crippen molar-refractivity contribution in [1.29, 1.82) is 0 Å². The van der Waals surface area contributed by atoms with Crippen LogP contribution in [-0.4, -0.2) is 19.6 Å². The first-order chi connectivity index (χ1) is 10.6. The van der Waals surface area contributed by atoms with Gasteiger partial charge in [-0.05, 0) is 44.0 Å². The van der Waals surface area contributed by atoms with Crippen LogP contribution in [0.1, 0.15) is 16.7 Å². The third kappa shape index (κ3) is 3.03. The van der Waals surface area contributed by atoms with Gasteiger partial charge in [0.1, 0.15) is 13.3 Å². The highest BCUT2D eigenvalue weighted by Gasteiger charge is 2.14. The normalized spacial score (nSPS) is 10.9. The monoisotopic (exact) mass is 295 g/mol. The number of nitrogens with zero attached hydrogens (tertiary/aromatic N) is 5. The molecule has 0 saturated heterocycles. The fourth-order valence-corrected chi connectivity index (χ4v) is 2.98. The van der Waals surface area contributed by atoms with Crippen molar-refractivity contribution >= 4 is 5.69 Å². The molecule has 1 aromatic carbocycles. The molecule has 0 saturated carbocycles. The molecule has 114 valence electrons. The molecule has 3 rings (SSSR count). The van der Waals surface area contributed by atoms with Crippen LogP contribution in [0.15, 0.2) is 49.1 Å². The Morgan fingerprint density at radius 3 is 1.77 bits per heavy atom. The molecular weight excluding hydrogens is 274 g/mol. The predicted octanol–water partition coefficient (Wildman–Crippen LogP) is 3.13. The maximum atomic E-state index is 4.33. The molecule has 5 heteroatoms. The van der Waals surface area contributed by atoms with Crippen molar-refractivity contribution in [2.75, 3.05) is 4.90 Å². The Balaban J connectivity index is 1.97. The second-order valence-electron chi connectivity index (χ2n) is 5.66. The summed E-state index contributed by atoms with van der Waals surface area (Å²) in [4.78, 5) is 2.30. The van der Waals surface area contributed by atoms with Crippen LogP contribution < -0.4 is 4.90 Å². The molecule has 0 aliphatic rings. The van der Waals surface area contributed by atoms with E-state index in [1.165, 1.54) is 22.4 Å². The molecule has 0 amide bonds. The SMILES string of the molecule is Cc1cc(C)c(N(Cn2cccn2)Cn2cccn2)c(C)c1. The van der Waals surface area contributed by atoms with E-state index in [2.05, 4.69) is 48.0 Å². The van der Waals surface area contributed by atoms with E-state index in [-0.39, 0.29) is 0 Å². The Morgan fingerprint density at radius 2 is 1.36 bits per heavy atom. The highest BCUT2D eigenvalue weighted by Crippen LogP contribution is 2.27. The summed E-state index contributed by atoms with van der Waals surface area (Å²) in [6.07, 6.45) is 7.58. The summed E-state index contributed by atoms with van der Waals surface area (Å²) in [6.45, 7) is 7.84. The van der Waals surface area contributed by atoms with Gasteiger partial charge in [-0.2, -0.15) is 10.2 Å². The maximum Gasteiger partial charge on any atom is 0.113 e. The van der Waals surface area contributed by atoms with E-state index in [0.29, 0.717) is 13.3 Å². The summed E-state index contributed by atoms with van der Waals surface area (Å²) in [7, 11) is 0. The van der Waals surface area contributed by atoms with Crippen molar-refractivity contribution < 1.29 is 0 Å². The second-order valence-corrected chi connectivity index (χ2v) is 5.66. The first-order valence-corrected chi connectivity index (χ1v) is 7.41. The number of hydrogen-bond donors (Lipinski definition) is 0. The highest BCUT2D eigenvalue weighted by molar-refractivity contribution is 5.59. The minimum Gasteiger partial charge on any atom is -0.332 e. The van der Waals surface area contributed by atoms with Gasteiger partial charge in [0.25, 0.3) is 0 Å². The van der Waals surface area contributed by atoms with Crippen molar-refractivity contribution in [1.82, 2.24) is 19.6 Å². The molecule has 2 heterocycles. The first-order valence-electron chi connectivity index (χ1n) is 7.41. The molecule has 0 radical (unpaired) electrons. The summed E-state index contributed by atoms with van der Waals surface area (Å²) in [5.74, 6) is 0. The number of rotatable bonds is 5. The molecule has 22 heavy (non-hydrogen) atoms. The number of aromatic nitrogens is 4. The molecule has 0 aliphatic carbocycles. The van der Waals surface area contributed by atoms with Gasteiger partial charge in [-0.3, -0.25) is 9.36 Å². The number of anilines is 1. The van der Waals surface area contributed by atoms with Crippen molar-refractivity contribution in [3.63, 3.8) is 0 Å². The van der Waals surface area contributed by atoms with Gasteiger partial charge >= 0.3 is 0 Å². The standard InChI is InChI=1S/C17H21N5/c1-14-10-15(2)17(16(3)11-14)20(12-21-8-4-6-18-21)13-22-9-5-7-19-22/h4-11H,12-13H2,1-3H3. The lowest BCUT2D eigenvalue weighted by molar-refractivity contribution is 0.497. The van der Waals surface area contributed by atoms with Crippen molar-refractivity contribution in [3.8, 4) is 0 Å². The topological polar surface area (TPSA) is 38.9 Å². The van der Waals surface area contributed by atoms with Gasteiger partial charge in [0, 0.05) is 30.5 Å². The minimum atomic E-state index is 0.692. The van der Waals surface area contributed by atoms with E-state index in [1.807, 2.05) is 33.9 Å². The first kappa shape index (κ1) is 14.4. The Labute approximate surface area is 130 Å². The molecule has 2 aromatic heterocycles. The molecule has 5 nitrogen and oxygen atoms in total. The van der Waals surface area contributed by atoms with Crippen LogP contribution in [0.2, 0.25) is 0 Å². The van der Waals surface area contributed by atoms with Gasteiger partial charge in [-0.15, -0.1) is 0 Å². The Morgan fingerprint density at radius 1 is 0.864 bits per heavy atom. The summed E-state index contributed by atoms with van der Waals surface area (Å²) < 4.78 is 3.87. The fraction of sp³-hybridized carbons (Fsp3) is 0.294. The number of benzene rings is 1. The summed E-state index contributed by atoms with van der Waals surface area (Å²) in [5, 5.41) is 8.67. The summed E-state index contributed by atoms with van der Waals surface area (Å²) in [6, 6.07) is 8.34. The van der Waals surface area contributed by atoms with Gasteiger partial charge in [-0.1, -0.05) is 17.7 Å². The Kier molecular flexibility index (Phi) is 3.96. The average molecular weight is 295 g/mol. The zero-order valence-corrected chi connectivity index (χ0v) is 13.3. The molecule has 0 spiro atoms. The maximum absolute atomic E-state index is 4.33. The molecule has 0 unspecified atom stereocenters. The van der Waals surface area contributed by atoms with Crippen LogP contribution >= 0.6 is 0 Å². The lowest BCUT2D eigenvalue weighted by Crippen LogP contribution is -2.30. The van der Waals surface area contributed by atoms with Crippen molar-refractivity contribution in [2.24, 2.45) is 0 Å². The van der Waals surface area contributed by atoms with Gasteiger partial charge in [0.05, 0.1) is 0 Å². The van der Waals surface area contributed by atoms with Crippen LogP contribution in [0.4, 0.5) is 5.69 Å². The molecule has 0 aliphatic heterocycles. The van der Waals surface area contributed by atoms with Crippen molar-refractivity contribution in [3.05, 3.63) is 65.7 Å². The molecule has 0 atom stereocenters. The van der Waals surface area contributed by atoms with Crippen LogP contribution in [0, 0.1) is 20.8 Å². The molecule has 0 fully saturated rings. The van der Waals surface area contributed by atoms with E-state index in [9.17, 15) is 0 Å². The lowest BCUT2D eigenvalue weighted by Gasteiger charge is -2.28. The van der Waals surface area contributed by atoms with Gasteiger partial charge < -0.3 is 4.90 Å². The van der Waals surface area contributed by atoms with Crippen LogP contribution in [0.5, 0.6) is 0 Å². The van der Waals surface area contributed by atoms with E-state index in [1.54, 1.807) is 12.4 Å². The summed E-state index contributed by atoms with van der Waals surface area (Å²) >= 11 is 0. The Hall–Kier alpha value is -2.56. The molecule has 0 bridgehead atoms. The predicted molar refractivity (Wildman–Crippen MR) is 87.6 cm³/mol.